The van der Waals surface area contributed by atoms with Gasteiger partial charge >= 0.3 is 0 Å². The molecule has 0 aliphatic carbocycles. The van der Waals surface area contributed by atoms with E-state index in [1.165, 1.54) is 0 Å². The monoisotopic (exact) mass is 383 g/mol. The number of methoxy groups -OCH3 is 1. The summed E-state index contributed by atoms with van der Waals surface area (Å²) in [4.78, 5) is 21.8. The molecule has 0 unspecified atom stereocenters. The van der Waals surface area contributed by atoms with Crippen molar-refractivity contribution in [2.75, 3.05) is 7.11 Å². The number of pyridine rings is 1. The van der Waals surface area contributed by atoms with E-state index in [-0.39, 0.29) is 5.56 Å². The van der Waals surface area contributed by atoms with E-state index in [1.807, 2.05) is 60.7 Å². The lowest BCUT2D eigenvalue weighted by Crippen LogP contribution is -2.21. The van der Waals surface area contributed by atoms with Gasteiger partial charge in [0.15, 0.2) is 5.82 Å². The van der Waals surface area contributed by atoms with Crippen LogP contribution in [-0.2, 0) is 6.54 Å². The summed E-state index contributed by atoms with van der Waals surface area (Å²) in [5.41, 5.74) is 2.47. The van der Waals surface area contributed by atoms with E-state index in [1.54, 1.807) is 28.6 Å². The fourth-order valence-corrected chi connectivity index (χ4v) is 3.32. The van der Waals surface area contributed by atoms with Gasteiger partial charge in [0.05, 0.1) is 24.6 Å². The van der Waals surface area contributed by atoms with Crippen LogP contribution in [0.1, 0.15) is 5.56 Å². The largest absolute Gasteiger partial charge is 0.497 e. The van der Waals surface area contributed by atoms with Crippen molar-refractivity contribution >= 4 is 16.7 Å². The Morgan fingerprint density at radius 1 is 1.00 bits per heavy atom. The average Bonchev–Trinajstić information content (AvgIpc) is 3.21. The highest BCUT2D eigenvalue weighted by Gasteiger charge is 2.12. The molecule has 7 nitrogen and oxygen atoms in total. The van der Waals surface area contributed by atoms with Crippen molar-refractivity contribution < 1.29 is 4.74 Å². The van der Waals surface area contributed by atoms with Crippen LogP contribution in [0.2, 0.25) is 0 Å². The number of nitrogens with zero attached hydrogens (tertiary/aromatic N) is 5. The van der Waals surface area contributed by atoms with Gasteiger partial charge in [-0.2, -0.15) is 9.50 Å². The molecule has 0 saturated carbocycles. The van der Waals surface area contributed by atoms with Gasteiger partial charge in [0.1, 0.15) is 5.75 Å². The van der Waals surface area contributed by atoms with Crippen molar-refractivity contribution in [2.24, 2.45) is 0 Å². The zero-order valence-electron chi connectivity index (χ0n) is 15.7. The topological polar surface area (TPSA) is 74.3 Å². The first-order chi connectivity index (χ1) is 14.2. The minimum absolute atomic E-state index is 0.121. The highest BCUT2D eigenvalue weighted by Crippen LogP contribution is 2.18. The van der Waals surface area contributed by atoms with Gasteiger partial charge in [-0.15, -0.1) is 5.10 Å². The van der Waals surface area contributed by atoms with E-state index < -0.39 is 0 Å². The van der Waals surface area contributed by atoms with E-state index in [9.17, 15) is 4.79 Å². The normalized spacial score (nSPS) is 11.2. The zero-order chi connectivity index (χ0) is 19.8. The molecular formula is C22H17N5O2. The van der Waals surface area contributed by atoms with Crippen molar-refractivity contribution in [1.82, 2.24) is 24.1 Å². The van der Waals surface area contributed by atoms with Crippen molar-refractivity contribution in [3.05, 3.63) is 89.0 Å². The Labute approximate surface area is 165 Å². The van der Waals surface area contributed by atoms with E-state index in [0.717, 1.165) is 16.9 Å². The van der Waals surface area contributed by atoms with Crippen LogP contribution < -0.4 is 10.3 Å². The molecule has 29 heavy (non-hydrogen) atoms. The fourth-order valence-electron chi connectivity index (χ4n) is 3.32. The summed E-state index contributed by atoms with van der Waals surface area (Å²) in [6.07, 6.45) is 3.35. The van der Waals surface area contributed by atoms with Crippen LogP contribution in [0.5, 0.6) is 5.75 Å². The molecule has 5 aromatic rings. The molecule has 7 heteroatoms. The number of ether oxygens (including phenoxy) is 1. The SMILES string of the molecule is COc1ccc(Cn2ccc3c(cnc4nc(-c5ccccc5)nn43)c2=O)cc1. The van der Waals surface area contributed by atoms with Crippen LogP contribution in [-0.4, -0.2) is 31.3 Å². The zero-order valence-corrected chi connectivity index (χ0v) is 15.7. The maximum Gasteiger partial charge on any atom is 0.261 e. The Bertz CT molecular complexity index is 1370. The van der Waals surface area contributed by atoms with Gasteiger partial charge in [0.2, 0.25) is 0 Å². The first-order valence-electron chi connectivity index (χ1n) is 9.16. The van der Waals surface area contributed by atoms with Gasteiger partial charge < -0.3 is 9.30 Å². The lowest BCUT2D eigenvalue weighted by Gasteiger charge is -2.08. The third kappa shape index (κ3) is 3.02. The summed E-state index contributed by atoms with van der Waals surface area (Å²) in [5, 5.41) is 5.06. The molecule has 0 radical (unpaired) electrons. The number of benzene rings is 2. The minimum atomic E-state index is -0.121. The minimum Gasteiger partial charge on any atom is -0.497 e. The standard InChI is InChI=1S/C22H17N5O2/c1-29-17-9-7-15(8-10-17)14-26-12-11-19-18(21(26)28)13-23-22-24-20(25-27(19)22)16-5-3-2-4-6-16/h2-13H,14H2,1H3. The highest BCUT2D eigenvalue weighted by molar-refractivity contribution is 5.79. The van der Waals surface area contributed by atoms with Crippen molar-refractivity contribution in [3.63, 3.8) is 0 Å². The van der Waals surface area contributed by atoms with Crippen molar-refractivity contribution in [3.8, 4) is 17.1 Å². The molecular weight excluding hydrogens is 366 g/mol. The number of aromatic nitrogens is 5. The summed E-state index contributed by atoms with van der Waals surface area (Å²) in [6.45, 7) is 0.462. The molecule has 0 N–H and O–H groups in total. The highest BCUT2D eigenvalue weighted by atomic mass is 16.5. The van der Waals surface area contributed by atoms with Gasteiger partial charge in [-0.25, -0.2) is 4.98 Å². The van der Waals surface area contributed by atoms with Crippen LogP contribution in [0.15, 0.2) is 77.9 Å². The van der Waals surface area contributed by atoms with Crippen LogP contribution in [0.4, 0.5) is 0 Å². The first-order valence-corrected chi connectivity index (χ1v) is 9.16. The third-order valence-corrected chi connectivity index (χ3v) is 4.85. The molecule has 0 spiro atoms. The summed E-state index contributed by atoms with van der Waals surface area (Å²) in [7, 11) is 1.63. The lowest BCUT2D eigenvalue weighted by atomic mass is 10.2. The Hall–Kier alpha value is -4.00. The fraction of sp³-hybridized carbons (Fsp3) is 0.0909. The van der Waals surface area contributed by atoms with Crippen LogP contribution in [0.3, 0.4) is 0 Å². The van der Waals surface area contributed by atoms with Crippen molar-refractivity contribution in [2.45, 2.75) is 6.54 Å². The van der Waals surface area contributed by atoms with Crippen LogP contribution in [0.25, 0.3) is 28.1 Å². The molecule has 0 aliphatic heterocycles. The molecule has 3 heterocycles. The quantitative estimate of drug-likeness (QED) is 0.477. The molecule has 3 aromatic heterocycles. The second-order valence-electron chi connectivity index (χ2n) is 6.67. The second-order valence-corrected chi connectivity index (χ2v) is 6.67. The van der Waals surface area contributed by atoms with E-state index >= 15 is 0 Å². The Kier molecular flexibility index (Phi) is 4.05. The van der Waals surface area contributed by atoms with Gasteiger partial charge in [-0.05, 0) is 23.8 Å². The Balaban J connectivity index is 1.58. The summed E-state index contributed by atoms with van der Waals surface area (Å²) in [5.74, 6) is 1.82. The van der Waals surface area contributed by atoms with Crippen molar-refractivity contribution in [1.29, 1.82) is 0 Å². The molecule has 5 rings (SSSR count). The maximum atomic E-state index is 13.0. The molecule has 0 saturated heterocycles. The molecule has 142 valence electrons. The summed E-state index contributed by atoms with van der Waals surface area (Å²) in [6, 6.07) is 19.2. The molecule has 0 bridgehead atoms. The van der Waals surface area contributed by atoms with E-state index in [0.29, 0.717) is 29.0 Å². The van der Waals surface area contributed by atoms with Gasteiger partial charge in [0.25, 0.3) is 11.3 Å². The molecule has 0 aliphatic rings. The number of rotatable bonds is 4. The predicted molar refractivity (Wildman–Crippen MR) is 110 cm³/mol. The average molecular weight is 383 g/mol. The second kappa shape index (κ2) is 6.87. The third-order valence-electron chi connectivity index (χ3n) is 4.85. The Morgan fingerprint density at radius 2 is 1.79 bits per heavy atom. The number of hydrogen-bond donors (Lipinski definition) is 0. The van der Waals surface area contributed by atoms with Crippen LogP contribution >= 0.6 is 0 Å². The molecule has 0 amide bonds. The lowest BCUT2D eigenvalue weighted by molar-refractivity contribution is 0.414. The summed E-state index contributed by atoms with van der Waals surface area (Å²) < 4.78 is 8.46. The maximum absolute atomic E-state index is 13.0. The molecule has 0 fully saturated rings. The summed E-state index contributed by atoms with van der Waals surface area (Å²) >= 11 is 0. The molecule has 2 aromatic carbocycles. The Morgan fingerprint density at radius 3 is 2.55 bits per heavy atom. The smallest absolute Gasteiger partial charge is 0.261 e. The van der Waals surface area contributed by atoms with Gasteiger partial charge in [-0.1, -0.05) is 42.5 Å². The van der Waals surface area contributed by atoms with Crippen LogP contribution in [0, 0.1) is 0 Å². The first kappa shape index (κ1) is 17.1. The van der Waals surface area contributed by atoms with Gasteiger partial charge in [0, 0.05) is 18.0 Å². The van der Waals surface area contributed by atoms with Gasteiger partial charge in [-0.3, -0.25) is 4.79 Å². The predicted octanol–water partition coefficient (Wildman–Crippen LogP) is 3.16. The van der Waals surface area contributed by atoms with E-state index in [4.69, 9.17) is 4.74 Å². The number of fused-ring (bicyclic) bond motifs is 3. The number of hydrogen-bond acceptors (Lipinski definition) is 5. The van der Waals surface area contributed by atoms with E-state index in [2.05, 4.69) is 15.1 Å². The molecule has 0 atom stereocenters.